The fraction of sp³-hybridized carbons (Fsp3) is 0.0667. The predicted molar refractivity (Wildman–Crippen MR) is 77.5 cm³/mol. The first-order valence-electron chi connectivity index (χ1n) is 5.79. The van der Waals surface area contributed by atoms with Crippen LogP contribution in [0.25, 0.3) is 0 Å². The highest BCUT2D eigenvalue weighted by atomic mass is 35.5. The van der Waals surface area contributed by atoms with E-state index in [0.29, 0.717) is 21.4 Å². The van der Waals surface area contributed by atoms with Crippen LogP contribution in [0.4, 0.5) is 0 Å². The molecule has 0 atom stereocenters. The number of carbonyl (C=O) groups is 2. The van der Waals surface area contributed by atoms with Crippen molar-refractivity contribution in [2.75, 3.05) is 0 Å². The van der Waals surface area contributed by atoms with Crippen molar-refractivity contribution in [1.29, 1.82) is 0 Å². The molecule has 0 unspecified atom stereocenters. The Balaban J connectivity index is 1.95. The van der Waals surface area contributed by atoms with E-state index in [1.54, 1.807) is 48.5 Å². The van der Waals surface area contributed by atoms with Crippen LogP contribution in [0.2, 0.25) is 10.0 Å². The van der Waals surface area contributed by atoms with E-state index >= 15 is 0 Å². The number of hydrogen-bond acceptors (Lipinski definition) is 3. The quantitative estimate of drug-likeness (QED) is 0.368. The van der Waals surface area contributed by atoms with Crippen LogP contribution in [0.3, 0.4) is 0 Å². The molecule has 0 saturated heterocycles. The zero-order valence-electron chi connectivity index (χ0n) is 10.3. The van der Waals surface area contributed by atoms with Crippen molar-refractivity contribution in [3.63, 3.8) is 0 Å². The third kappa shape index (κ3) is 4.08. The van der Waals surface area contributed by atoms with Gasteiger partial charge in [0.15, 0.2) is 5.78 Å². The van der Waals surface area contributed by atoms with Crippen LogP contribution < -0.4 is 4.74 Å². The highest BCUT2D eigenvalue weighted by molar-refractivity contribution is 6.31. The van der Waals surface area contributed by atoms with Crippen molar-refractivity contribution < 1.29 is 14.3 Å². The molecule has 2 aromatic carbocycles. The van der Waals surface area contributed by atoms with Gasteiger partial charge in [-0.25, -0.2) is 0 Å². The Bertz CT molecular complexity index is 619. The highest BCUT2D eigenvalue weighted by Gasteiger charge is 2.13. The van der Waals surface area contributed by atoms with Crippen molar-refractivity contribution in [3.05, 3.63) is 64.1 Å². The number of esters is 1. The van der Waals surface area contributed by atoms with Gasteiger partial charge in [0.2, 0.25) is 0 Å². The van der Waals surface area contributed by atoms with Gasteiger partial charge in [-0.1, -0.05) is 23.2 Å². The highest BCUT2D eigenvalue weighted by Crippen LogP contribution is 2.17. The molecular formula is C15H10Cl2O3. The van der Waals surface area contributed by atoms with Gasteiger partial charge < -0.3 is 4.74 Å². The summed E-state index contributed by atoms with van der Waals surface area (Å²) in [7, 11) is 0. The van der Waals surface area contributed by atoms with Crippen LogP contribution in [-0.2, 0) is 4.79 Å². The molecule has 0 heterocycles. The molecule has 0 aliphatic heterocycles. The first-order chi connectivity index (χ1) is 9.54. The second-order valence-electron chi connectivity index (χ2n) is 4.03. The van der Waals surface area contributed by atoms with Gasteiger partial charge in [-0.2, -0.15) is 0 Å². The lowest BCUT2D eigenvalue weighted by Gasteiger charge is -2.04. The molecule has 0 bridgehead atoms. The summed E-state index contributed by atoms with van der Waals surface area (Å²) in [6.07, 6.45) is -0.329. The van der Waals surface area contributed by atoms with Crippen molar-refractivity contribution in [2.24, 2.45) is 0 Å². The number of benzene rings is 2. The Kier molecular flexibility index (Phi) is 4.77. The Morgan fingerprint density at radius 3 is 1.90 bits per heavy atom. The topological polar surface area (TPSA) is 43.4 Å². The van der Waals surface area contributed by atoms with Crippen LogP contribution >= 0.6 is 23.2 Å². The molecule has 0 aliphatic rings. The third-order valence-corrected chi connectivity index (χ3v) is 3.02. The summed E-state index contributed by atoms with van der Waals surface area (Å²) in [5, 5.41) is 1.08. The normalized spacial score (nSPS) is 10.1. The Labute approximate surface area is 126 Å². The minimum atomic E-state index is -0.618. The van der Waals surface area contributed by atoms with Gasteiger partial charge in [-0.15, -0.1) is 0 Å². The molecule has 0 aromatic heterocycles. The molecule has 20 heavy (non-hydrogen) atoms. The second kappa shape index (κ2) is 6.55. The lowest BCUT2D eigenvalue weighted by molar-refractivity contribution is -0.133. The lowest BCUT2D eigenvalue weighted by Crippen LogP contribution is -2.14. The van der Waals surface area contributed by atoms with Gasteiger partial charge in [0.1, 0.15) is 12.2 Å². The maximum Gasteiger partial charge on any atom is 0.319 e. The Hall–Kier alpha value is -1.84. The minimum Gasteiger partial charge on any atom is -0.426 e. The molecule has 0 radical (unpaired) electrons. The number of ether oxygens (including phenoxy) is 1. The summed E-state index contributed by atoms with van der Waals surface area (Å²) < 4.78 is 5.04. The Morgan fingerprint density at radius 1 is 0.850 bits per heavy atom. The van der Waals surface area contributed by atoms with Crippen LogP contribution in [0.1, 0.15) is 16.8 Å². The van der Waals surface area contributed by atoms with Crippen LogP contribution in [0, 0.1) is 0 Å². The second-order valence-corrected chi connectivity index (χ2v) is 4.91. The summed E-state index contributed by atoms with van der Waals surface area (Å²) in [6, 6.07) is 12.7. The van der Waals surface area contributed by atoms with Gasteiger partial charge in [0, 0.05) is 15.6 Å². The third-order valence-electron chi connectivity index (χ3n) is 2.52. The van der Waals surface area contributed by atoms with Gasteiger partial charge in [0.25, 0.3) is 0 Å². The molecule has 0 aliphatic carbocycles. The lowest BCUT2D eigenvalue weighted by atomic mass is 10.1. The fourth-order valence-electron chi connectivity index (χ4n) is 1.54. The van der Waals surface area contributed by atoms with Crippen LogP contribution in [0.15, 0.2) is 48.5 Å². The molecule has 102 valence electrons. The molecule has 0 saturated carbocycles. The maximum atomic E-state index is 11.8. The molecule has 0 amide bonds. The summed E-state index contributed by atoms with van der Waals surface area (Å²) in [5.41, 5.74) is 0.419. The summed E-state index contributed by atoms with van der Waals surface area (Å²) in [5.74, 6) is -0.587. The van der Waals surface area contributed by atoms with Crippen molar-refractivity contribution in [3.8, 4) is 5.75 Å². The molecule has 2 aromatic rings. The van der Waals surface area contributed by atoms with Gasteiger partial charge in [-0.05, 0) is 48.5 Å². The molecule has 0 spiro atoms. The number of hydrogen-bond donors (Lipinski definition) is 0. The summed E-state index contributed by atoms with van der Waals surface area (Å²) in [6.45, 7) is 0. The average molecular weight is 309 g/mol. The molecular weight excluding hydrogens is 299 g/mol. The van der Waals surface area contributed by atoms with Crippen molar-refractivity contribution in [1.82, 2.24) is 0 Å². The van der Waals surface area contributed by atoms with Gasteiger partial charge in [-0.3, -0.25) is 9.59 Å². The minimum absolute atomic E-state index is 0.319. The molecule has 2 rings (SSSR count). The fourth-order valence-corrected chi connectivity index (χ4v) is 1.79. The first-order valence-corrected chi connectivity index (χ1v) is 6.55. The van der Waals surface area contributed by atoms with E-state index in [4.69, 9.17) is 27.9 Å². The number of ketones is 1. The molecule has 0 N–H and O–H groups in total. The van der Waals surface area contributed by atoms with E-state index in [0.717, 1.165) is 0 Å². The predicted octanol–water partition coefficient (Wildman–Crippen LogP) is 4.17. The zero-order chi connectivity index (χ0) is 14.5. The van der Waals surface area contributed by atoms with E-state index in [-0.39, 0.29) is 12.2 Å². The zero-order valence-corrected chi connectivity index (χ0v) is 11.8. The molecule has 5 heteroatoms. The Morgan fingerprint density at radius 2 is 1.35 bits per heavy atom. The number of Topliss-reactive ketones (excluding diaryl/α,β-unsaturated/α-hetero) is 1. The largest absolute Gasteiger partial charge is 0.426 e. The first kappa shape index (κ1) is 14.6. The smallest absolute Gasteiger partial charge is 0.319 e. The molecule has 3 nitrogen and oxygen atoms in total. The van der Waals surface area contributed by atoms with Gasteiger partial charge >= 0.3 is 5.97 Å². The van der Waals surface area contributed by atoms with Crippen LogP contribution in [0.5, 0.6) is 5.75 Å². The number of rotatable bonds is 4. The van der Waals surface area contributed by atoms with Crippen molar-refractivity contribution >= 4 is 35.0 Å². The van der Waals surface area contributed by atoms with E-state index in [2.05, 4.69) is 0 Å². The summed E-state index contributed by atoms with van der Waals surface area (Å²) in [4.78, 5) is 23.5. The van der Waals surface area contributed by atoms with E-state index < -0.39 is 5.97 Å². The van der Waals surface area contributed by atoms with E-state index in [1.807, 2.05) is 0 Å². The van der Waals surface area contributed by atoms with Crippen molar-refractivity contribution in [2.45, 2.75) is 6.42 Å². The summed E-state index contributed by atoms with van der Waals surface area (Å²) >= 11 is 11.4. The van der Waals surface area contributed by atoms with E-state index in [1.165, 1.54) is 0 Å². The molecule has 0 fully saturated rings. The standard InChI is InChI=1S/C15H10Cl2O3/c16-11-3-1-10(2-4-11)14(18)9-15(19)20-13-7-5-12(17)6-8-13/h1-8H,9H2. The maximum absolute atomic E-state index is 11.8. The van der Waals surface area contributed by atoms with Crippen LogP contribution in [-0.4, -0.2) is 11.8 Å². The number of halogens is 2. The monoisotopic (exact) mass is 308 g/mol. The van der Waals surface area contributed by atoms with Gasteiger partial charge in [0.05, 0.1) is 0 Å². The SMILES string of the molecule is O=C(CC(=O)c1ccc(Cl)cc1)Oc1ccc(Cl)cc1. The van der Waals surface area contributed by atoms with E-state index in [9.17, 15) is 9.59 Å². The number of carbonyl (C=O) groups excluding carboxylic acids is 2. The average Bonchev–Trinajstić information content (AvgIpc) is 2.42.